The summed E-state index contributed by atoms with van der Waals surface area (Å²) in [5, 5.41) is 37.9. The van der Waals surface area contributed by atoms with E-state index in [1.807, 2.05) is 40.7 Å². The Labute approximate surface area is 309 Å². The SMILES string of the molecule is C=C[C@H](OC)C1OC(O)=C(C)C[C@H]1C.C=C[C@H](OC)C1OC=C(C)C(O)[C@H]1C.C=C[C@H](OC)[C@@H](O)[C@H](C)/C=C(/C)CO.[B].[B].[H-].[H-].[Li+].[Li+]. The van der Waals surface area contributed by atoms with Crippen molar-refractivity contribution in [1.29, 1.82) is 0 Å². The Morgan fingerprint density at radius 1 is 1.00 bits per heavy atom. The third-order valence-corrected chi connectivity index (χ3v) is 7.53. The average Bonchev–Trinajstić information content (AvgIpc) is 2.97. The van der Waals surface area contributed by atoms with Crippen LogP contribution in [0.5, 0.6) is 0 Å². The molecule has 46 heavy (non-hydrogen) atoms. The van der Waals surface area contributed by atoms with Gasteiger partial charge in [0.05, 0.1) is 25.1 Å². The maximum Gasteiger partial charge on any atom is 1.00 e. The summed E-state index contributed by atoms with van der Waals surface area (Å²) >= 11 is 0. The normalized spacial score (nSPS) is 25.2. The van der Waals surface area contributed by atoms with Crippen LogP contribution in [0, 0.1) is 17.8 Å². The van der Waals surface area contributed by atoms with Crippen LogP contribution in [0.4, 0.5) is 0 Å². The summed E-state index contributed by atoms with van der Waals surface area (Å²) in [6.07, 6.45) is 7.16. The first-order chi connectivity index (χ1) is 19.8. The number of aliphatic hydroxyl groups is 4. The standard InChI is InChI=1S/2C11H18O3.C11H20O3.2B.2Li.2H/c1-5-9(13-4)11-8(3)10(12)7(2)6-14-11;1-5-9(13-4)10-7(2)6-8(3)11(12)14-10;1-5-10(14-4)11(13)9(3)6-8(2)7-12;;;;;;/h5-6,8-12H,1H2,2-4H3;5,7,9-10,12H,1,6H2,2-4H3;5-6,9-13H,1,7H2,2-4H3;;;;;;/q;;;;;2*+1;2*-1/b;;8-6-;;;;;;/t8-,9+,10?,11?;7-,9+,10?;9-,10+,11+;;;;;;/m111....../s1. The zero-order valence-electron chi connectivity index (χ0n) is 32.2. The molecule has 0 aromatic heterocycles. The van der Waals surface area contributed by atoms with Crippen LogP contribution in [-0.2, 0) is 23.7 Å². The third kappa shape index (κ3) is 17.4. The van der Waals surface area contributed by atoms with Gasteiger partial charge in [-0.1, -0.05) is 50.6 Å². The third-order valence-electron chi connectivity index (χ3n) is 7.53. The quantitative estimate of drug-likeness (QED) is 0.150. The van der Waals surface area contributed by atoms with E-state index < -0.39 is 12.2 Å². The van der Waals surface area contributed by atoms with Crippen LogP contribution >= 0.6 is 0 Å². The van der Waals surface area contributed by atoms with Crippen molar-refractivity contribution in [2.45, 2.75) is 90.7 Å². The number of ether oxygens (including phenoxy) is 5. The molecule has 10 atom stereocenters. The van der Waals surface area contributed by atoms with Crippen LogP contribution in [0.15, 0.2) is 73.0 Å². The molecule has 0 spiro atoms. The van der Waals surface area contributed by atoms with Crippen molar-refractivity contribution >= 4 is 16.8 Å². The molecule has 0 saturated carbocycles. The number of allylic oxidation sites excluding steroid dienone is 1. The van der Waals surface area contributed by atoms with E-state index >= 15 is 0 Å². The van der Waals surface area contributed by atoms with Gasteiger partial charge in [0, 0.05) is 61.5 Å². The largest absolute Gasteiger partial charge is 1.00 e. The maximum absolute atomic E-state index is 9.82. The molecular formula is C33H58B2Li2O9. The minimum Gasteiger partial charge on any atom is -1.00 e. The Morgan fingerprint density at radius 3 is 1.91 bits per heavy atom. The average molecular weight is 634 g/mol. The summed E-state index contributed by atoms with van der Waals surface area (Å²) in [5.74, 6) is 0.318. The molecule has 0 fully saturated rings. The summed E-state index contributed by atoms with van der Waals surface area (Å²) in [4.78, 5) is 0. The van der Waals surface area contributed by atoms with Gasteiger partial charge in [0.2, 0.25) is 0 Å². The number of methoxy groups -OCH3 is 3. The molecule has 2 aliphatic heterocycles. The second kappa shape index (κ2) is 28.9. The first-order valence-corrected chi connectivity index (χ1v) is 14.3. The second-order valence-electron chi connectivity index (χ2n) is 10.9. The van der Waals surface area contributed by atoms with Crippen molar-refractivity contribution < 1.29 is 84.7 Å². The molecule has 0 aliphatic carbocycles. The zero-order valence-corrected chi connectivity index (χ0v) is 30.2. The summed E-state index contributed by atoms with van der Waals surface area (Å²) < 4.78 is 26.4. The predicted octanol–water partition coefficient (Wildman–Crippen LogP) is -1.52. The first kappa shape index (κ1) is 54.4. The maximum atomic E-state index is 9.82. The molecule has 0 bridgehead atoms. The molecule has 2 heterocycles. The molecule has 0 amide bonds. The fourth-order valence-electron chi connectivity index (χ4n) is 4.78. The molecule has 13 heteroatoms. The van der Waals surface area contributed by atoms with Gasteiger partial charge >= 0.3 is 37.7 Å². The first-order valence-electron chi connectivity index (χ1n) is 14.3. The summed E-state index contributed by atoms with van der Waals surface area (Å²) in [5.41, 5.74) is 2.59. The van der Waals surface area contributed by atoms with E-state index in [0.717, 1.165) is 23.1 Å². The smallest absolute Gasteiger partial charge is 1.00 e. The van der Waals surface area contributed by atoms with Crippen molar-refractivity contribution in [1.82, 2.24) is 0 Å². The molecule has 4 N–H and O–H groups in total. The Kier molecular flexibility index (Phi) is 34.2. The van der Waals surface area contributed by atoms with Gasteiger partial charge in [-0.15, -0.1) is 19.7 Å². The Balaban J connectivity index is -0.0000000989. The van der Waals surface area contributed by atoms with Gasteiger partial charge in [-0.2, -0.15) is 0 Å². The molecule has 0 aromatic carbocycles. The van der Waals surface area contributed by atoms with Gasteiger partial charge in [-0.05, 0) is 32.8 Å². The Bertz CT molecular complexity index is 931. The summed E-state index contributed by atoms with van der Waals surface area (Å²) in [7, 11) is 4.76. The van der Waals surface area contributed by atoms with E-state index in [1.165, 1.54) is 7.11 Å². The van der Waals surface area contributed by atoms with Crippen molar-refractivity contribution in [3.63, 3.8) is 0 Å². The molecule has 252 valence electrons. The monoisotopic (exact) mass is 634 g/mol. The van der Waals surface area contributed by atoms with Crippen molar-refractivity contribution in [2.24, 2.45) is 17.8 Å². The second-order valence-corrected chi connectivity index (χ2v) is 10.9. The predicted molar refractivity (Wildman–Crippen MR) is 181 cm³/mol. The van der Waals surface area contributed by atoms with Gasteiger partial charge in [0.15, 0.2) is 0 Å². The minimum atomic E-state index is -0.626. The van der Waals surface area contributed by atoms with Gasteiger partial charge in [0.25, 0.3) is 5.95 Å². The molecule has 2 aliphatic rings. The topological polar surface area (TPSA) is 127 Å². The van der Waals surface area contributed by atoms with E-state index in [9.17, 15) is 15.3 Å². The molecule has 2 rings (SSSR count). The molecule has 9 nitrogen and oxygen atoms in total. The number of aliphatic hydroxyl groups excluding tert-OH is 4. The van der Waals surface area contributed by atoms with E-state index in [-0.39, 0.29) is 112 Å². The number of rotatable bonds is 12. The molecule has 0 saturated heterocycles. The van der Waals surface area contributed by atoms with Crippen molar-refractivity contribution in [2.75, 3.05) is 27.9 Å². The molecule has 6 radical (unpaired) electrons. The zero-order chi connectivity index (χ0) is 32.6. The molecule has 0 aromatic rings. The van der Waals surface area contributed by atoms with Crippen LogP contribution in [-0.4, -0.2) is 108 Å². The van der Waals surface area contributed by atoms with Crippen LogP contribution in [0.2, 0.25) is 0 Å². The molecular weight excluding hydrogens is 576 g/mol. The van der Waals surface area contributed by atoms with E-state index in [2.05, 4.69) is 26.7 Å². The van der Waals surface area contributed by atoms with Crippen molar-refractivity contribution in [3.8, 4) is 0 Å². The number of hydrogen-bond donors (Lipinski definition) is 4. The van der Waals surface area contributed by atoms with E-state index in [0.29, 0.717) is 5.92 Å². The van der Waals surface area contributed by atoms with Crippen LogP contribution in [0.1, 0.15) is 50.8 Å². The summed E-state index contributed by atoms with van der Waals surface area (Å²) in [6.45, 7) is 22.4. The number of hydrogen-bond acceptors (Lipinski definition) is 9. The van der Waals surface area contributed by atoms with E-state index in [1.54, 1.807) is 38.7 Å². The van der Waals surface area contributed by atoms with Gasteiger partial charge in [-0.3, -0.25) is 0 Å². The summed E-state index contributed by atoms with van der Waals surface area (Å²) in [6, 6.07) is 0. The van der Waals surface area contributed by atoms with Gasteiger partial charge < -0.3 is 47.0 Å². The van der Waals surface area contributed by atoms with Crippen LogP contribution in [0.25, 0.3) is 0 Å². The van der Waals surface area contributed by atoms with Crippen molar-refractivity contribution in [3.05, 3.63) is 73.0 Å². The molecule has 3 unspecified atom stereocenters. The Hall–Kier alpha value is -1.08. The van der Waals surface area contributed by atoms with Gasteiger partial charge in [-0.25, -0.2) is 0 Å². The fraction of sp³-hybridized carbons (Fsp3) is 0.636. The van der Waals surface area contributed by atoms with Gasteiger partial charge in [0.1, 0.15) is 30.5 Å². The van der Waals surface area contributed by atoms with E-state index in [4.69, 9.17) is 28.8 Å². The Morgan fingerprint density at radius 2 is 1.50 bits per heavy atom. The fourth-order valence-corrected chi connectivity index (χ4v) is 4.78. The van der Waals surface area contributed by atoms with Crippen LogP contribution < -0.4 is 37.7 Å². The van der Waals surface area contributed by atoms with Crippen LogP contribution in [0.3, 0.4) is 0 Å². The minimum absolute atomic E-state index is 0.